The Morgan fingerprint density at radius 1 is 0.288 bits per heavy atom. The van der Waals surface area contributed by atoms with E-state index in [2.05, 4.69) is 71.7 Å². The fourth-order valence-corrected chi connectivity index (χ4v) is 20.1. The normalized spacial score (nSPS) is 12.6. The molecule has 750 valence electrons. The molecule has 12 heterocycles. The van der Waals surface area contributed by atoms with E-state index in [0.717, 1.165) is 11.4 Å². The number of aromatic nitrogens is 12. The Labute approximate surface area is 951 Å². The van der Waals surface area contributed by atoms with Crippen LogP contribution in [0.1, 0.15) is 114 Å². The molecular weight excluding hydrogens is 2130 g/mol. The SMILES string of the molecule is CCOP(=O)(OCC)c1cccc(-c2cccc(CN(Cc3cccc(-c4cccc(P(=O)(OCC)OCC)n4)n3)C(CCC(=O)OC)C(=O)OC)n2)n1.CCOP(=O)([O-])c1cccc(-c2cccc(CN(Cc3cccc(-c4cccc(P(=O)([O-])OCC)n4)n3)C(CCC(=O)[O-])C(=O)[O-])n2)n1.COC(=O)CCC(C(=O)OC)N(Cc1cccc(-c2cccc(Br)n2)n1)Cc1cccc(-c2cccc(Br)n2)n1.[Na+].[Na+].[Na+].[Na+]. The standard InChI is InChI=1S/C37H47N5O10P2.C31H35N5O10P2.C29H27Br2N5O4.4Na/c1-7-49-53(45,50-8-2)34-21-13-19-31(40-34)29-17-11-15-27(38-29)25-42(33(37(44)48-6)23-24-36(43)47-5)26-28-16-12-18-30(39-28)32-20-14-22-35(41-32)54(46,51-9-3)52-10-4;1-3-45-47(41,42)28-15-7-13-25(34-28)23-11-5-9-21(32-23)19-36(27(31(39)40)17-18-30(37)38)20-22-10-6-12-24(33-22)26-14-8-16-29(35-26)48(43,44)46-4-2;1-39-28(37)16-15-25(29(38)40-2)36(17-19-7-3-9-21(32-19)23-11-5-13-26(30)34-23)18-20-8-4-10-22(33-20)24-12-6-14-27(31)35-24;;;;/h11-22,33H,7-10,23-26H2,1-6H3;5-16,27H,3-4,17-20H2,1-2H3,(H,37,38)(H,39,40)(H,41,42)(H,43,44);3-14,25H,15-18H2,1-2H3;;;;/q;;;4*+1/p-4. The van der Waals surface area contributed by atoms with Gasteiger partial charge in [-0.25, -0.2) is 59.8 Å². The molecule has 146 heavy (non-hydrogen) atoms. The summed E-state index contributed by atoms with van der Waals surface area (Å²) in [5.41, 5.74) is 8.75. The van der Waals surface area contributed by atoms with Crippen molar-refractivity contribution in [2.24, 2.45) is 0 Å². The molecule has 0 spiro atoms. The molecule has 0 saturated carbocycles. The maximum atomic E-state index is 13.5. The van der Waals surface area contributed by atoms with Gasteiger partial charge in [-0.1, -0.05) is 72.8 Å². The molecular formula is C97H105Br2N15Na4O24P4. The number of ether oxygens (including phenoxy) is 4. The van der Waals surface area contributed by atoms with Crippen molar-refractivity contribution in [1.82, 2.24) is 74.5 Å². The molecule has 0 N–H and O–H groups in total. The minimum absolute atomic E-state index is 0. The predicted octanol–water partition coefficient (Wildman–Crippen LogP) is -0.799. The number of hydrogen-bond acceptors (Lipinski definition) is 39. The molecule has 0 aliphatic rings. The van der Waals surface area contributed by atoms with Gasteiger partial charge in [0.1, 0.15) is 32.2 Å². The molecule has 49 heteroatoms. The number of carbonyl (C=O) groups is 6. The smallest absolute Gasteiger partial charge is 0.774 e. The average molecular weight is 2240 g/mol. The summed E-state index contributed by atoms with van der Waals surface area (Å²) < 4.78 is 105. The molecule has 0 fully saturated rings. The third-order valence-corrected chi connectivity index (χ3v) is 28.5. The molecule has 12 rings (SSSR count). The number of halogens is 2. The number of esters is 4. The predicted molar refractivity (Wildman–Crippen MR) is 524 cm³/mol. The molecule has 5 unspecified atom stereocenters. The van der Waals surface area contributed by atoms with Crippen LogP contribution in [0.15, 0.2) is 228 Å². The summed E-state index contributed by atoms with van der Waals surface area (Å²) >= 11 is 6.82. The van der Waals surface area contributed by atoms with Crippen LogP contribution in [-0.2, 0) is 132 Å². The zero-order valence-corrected chi connectivity index (χ0v) is 98.0. The first-order valence-electron chi connectivity index (χ1n) is 44.8. The van der Waals surface area contributed by atoms with Gasteiger partial charge < -0.3 is 84.8 Å². The van der Waals surface area contributed by atoms with Gasteiger partial charge in [0, 0.05) is 58.1 Å². The van der Waals surface area contributed by atoms with Gasteiger partial charge in [-0.3, -0.25) is 43.0 Å². The number of carbonyl (C=O) groups excluding carboxylic acids is 6. The van der Waals surface area contributed by atoms with E-state index in [9.17, 15) is 67.0 Å². The molecule has 39 nitrogen and oxygen atoms in total. The van der Waals surface area contributed by atoms with E-state index in [1.165, 1.54) is 71.5 Å². The van der Waals surface area contributed by atoms with Crippen molar-refractivity contribution in [2.75, 3.05) is 68.1 Å². The van der Waals surface area contributed by atoms with Gasteiger partial charge in [-0.05, 0) is 245 Å². The second-order valence-corrected chi connectivity index (χ2v) is 39.6. The summed E-state index contributed by atoms with van der Waals surface area (Å²) in [6.45, 7) is 11.2. The summed E-state index contributed by atoms with van der Waals surface area (Å²) in [5.74, 6) is -4.87. The topological polar surface area (TPSA) is 520 Å². The number of nitrogens with zero attached hydrogens (tertiary/aromatic N) is 15. The quantitative estimate of drug-likeness (QED) is 0.0148. The van der Waals surface area contributed by atoms with Crippen molar-refractivity contribution >= 4 is 120 Å². The molecule has 0 aliphatic heterocycles. The molecule has 0 amide bonds. The molecule has 12 aromatic rings. The molecule has 0 bridgehead atoms. The Morgan fingerprint density at radius 3 is 0.726 bits per heavy atom. The van der Waals surface area contributed by atoms with Crippen LogP contribution in [0.3, 0.4) is 0 Å². The Hall–Kier alpha value is -7.94. The van der Waals surface area contributed by atoms with E-state index >= 15 is 0 Å². The second kappa shape index (κ2) is 63.4. The maximum Gasteiger partial charge on any atom is 1.00 e. The van der Waals surface area contributed by atoms with Crippen LogP contribution >= 0.6 is 62.2 Å². The Balaban J connectivity index is 0.000000333. The van der Waals surface area contributed by atoms with E-state index in [0.29, 0.717) is 102 Å². The van der Waals surface area contributed by atoms with Gasteiger partial charge >= 0.3 is 157 Å². The van der Waals surface area contributed by atoms with Gasteiger partial charge in [-0.15, -0.1) is 0 Å². The van der Waals surface area contributed by atoms with Crippen LogP contribution in [0, 0.1) is 0 Å². The van der Waals surface area contributed by atoms with E-state index in [4.69, 9.17) is 66.0 Å². The van der Waals surface area contributed by atoms with E-state index < -0.39 is 90.7 Å². The number of pyridine rings is 12. The van der Waals surface area contributed by atoms with Gasteiger partial charge in [0.25, 0.3) is 0 Å². The Bertz CT molecular complexity index is 6210. The fourth-order valence-electron chi connectivity index (χ4n) is 14.4. The first kappa shape index (κ1) is 127. The van der Waals surface area contributed by atoms with Crippen molar-refractivity contribution in [2.45, 2.75) is 137 Å². The molecule has 0 saturated heterocycles. The molecule has 5 atom stereocenters. The van der Waals surface area contributed by atoms with Gasteiger partial charge in [-0.2, -0.15) is 0 Å². The van der Waals surface area contributed by atoms with E-state index in [-0.39, 0.29) is 249 Å². The Morgan fingerprint density at radius 2 is 0.500 bits per heavy atom. The molecule has 0 aliphatic carbocycles. The van der Waals surface area contributed by atoms with E-state index in [1.807, 2.05) is 82.6 Å². The fraction of sp³-hybridized carbons (Fsp3) is 0.320. The number of aliphatic carboxylic acids is 2. The first-order chi connectivity index (χ1) is 68.2. The average Bonchev–Trinajstić information content (AvgIpc) is 0.803. The number of rotatable bonds is 49. The van der Waals surface area contributed by atoms with Gasteiger partial charge in [0.15, 0.2) is 26.1 Å². The van der Waals surface area contributed by atoms with Crippen molar-refractivity contribution < 1.29 is 231 Å². The molecule has 12 aromatic heterocycles. The van der Waals surface area contributed by atoms with E-state index in [1.54, 1.807) is 149 Å². The zero-order valence-electron chi connectivity index (χ0n) is 83.3. The largest absolute Gasteiger partial charge is 1.00 e. The summed E-state index contributed by atoms with van der Waals surface area (Å²) in [4.78, 5) is 159. The summed E-state index contributed by atoms with van der Waals surface area (Å²) in [6, 6.07) is 58.7. The first-order valence-corrected chi connectivity index (χ1v) is 52.5. The van der Waals surface area contributed by atoms with Gasteiger partial charge in [0.2, 0.25) is 0 Å². The van der Waals surface area contributed by atoms with Crippen molar-refractivity contribution in [3.05, 3.63) is 262 Å². The minimum atomic E-state index is -4.42. The minimum Gasteiger partial charge on any atom is -0.774 e. The summed E-state index contributed by atoms with van der Waals surface area (Å²) in [6.07, 6.45) is -0.588. The van der Waals surface area contributed by atoms with Crippen molar-refractivity contribution in [3.63, 3.8) is 0 Å². The number of hydrogen-bond donors (Lipinski definition) is 0. The van der Waals surface area contributed by atoms with Crippen LogP contribution in [0.4, 0.5) is 0 Å². The van der Waals surface area contributed by atoms with Crippen molar-refractivity contribution in [3.8, 4) is 68.3 Å². The number of carboxylic acid groups (broad SMARTS) is 2. The van der Waals surface area contributed by atoms with Crippen LogP contribution in [0.2, 0.25) is 0 Å². The third kappa shape index (κ3) is 38.2. The third-order valence-electron chi connectivity index (χ3n) is 20.8. The van der Waals surface area contributed by atoms with Crippen LogP contribution < -0.4 is 160 Å². The number of methoxy groups -OCH3 is 4. The van der Waals surface area contributed by atoms with Gasteiger partial charge in [0.05, 0.1) is 183 Å². The second-order valence-electron chi connectivity index (χ2n) is 30.6. The van der Waals surface area contributed by atoms with Crippen molar-refractivity contribution in [1.29, 1.82) is 0 Å². The monoisotopic (exact) mass is 2240 g/mol. The summed E-state index contributed by atoms with van der Waals surface area (Å²) in [7, 11) is -10.9. The van der Waals surface area contributed by atoms with Crippen LogP contribution in [0.25, 0.3) is 68.3 Å². The number of carboxylic acids is 2. The molecule has 0 aromatic carbocycles. The van der Waals surface area contributed by atoms with Crippen LogP contribution in [-0.4, -0.2) is 197 Å². The summed E-state index contributed by atoms with van der Waals surface area (Å²) in [5, 5.41) is 23.6. The Kier molecular flexibility index (Phi) is 55.0. The molecule has 0 radical (unpaired) electrons. The zero-order chi connectivity index (χ0) is 103. The maximum absolute atomic E-state index is 13.5. The van der Waals surface area contributed by atoms with Crippen LogP contribution in [0.5, 0.6) is 0 Å².